The van der Waals surface area contributed by atoms with E-state index in [1.165, 1.54) is 0 Å². The lowest BCUT2D eigenvalue weighted by molar-refractivity contribution is 0.0636. The Morgan fingerprint density at radius 2 is 1.95 bits per heavy atom. The van der Waals surface area contributed by atoms with Crippen molar-refractivity contribution in [3.8, 4) is 5.75 Å². The number of ether oxygens (including phenoxy) is 2. The third kappa shape index (κ3) is 5.91. The minimum Gasteiger partial charge on any atom is -0.496 e. The second-order valence-corrected chi connectivity index (χ2v) is 6.64. The molecule has 0 spiro atoms. The van der Waals surface area contributed by atoms with Crippen LogP contribution in [0.1, 0.15) is 33.3 Å². The zero-order valence-electron chi connectivity index (χ0n) is 13.9. The van der Waals surface area contributed by atoms with E-state index in [2.05, 4.69) is 5.32 Å². The molecule has 1 aromatic carbocycles. The topological polar surface area (TPSA) is 93.8 Å². The number of amides is 1. The summed E-state index contributed by atoms with van der Waals surface area (Å²) < 4.78 is 10.5. The van der Waals surface area contributed by atoms with Crippen molar-refractivity contribution < 1.29 is 19.4 Å². The number of carbonyl (C=O) groups is 1. The van der Waals surface area contributed by atoms with E-state index < -0.39 is 17.2 Å². The van der Waals surface area contributed by atoms with E-state index in [0.29, 0.717) is 17.9 Å². The number of aliphatic hydroxyl groups is 1. The first kappa shape index (κ1) is 18.3. The SMILES string of the molecule is COc1ccc(NC(=O)OC(C)(C)C)cc1CC(C)(N)CO. The zero-order chi connectivity index (χ0) is 17.0. The summed E-state index contributed by atoms with van der Waals surface area (Å²) in [4.78, 5) is 11.8. The number of benzene rings is 1. The first-order valence-corrected chi connectivity index (χ1v) is 7.13. The number of hydrogen-bond donors (Lipinski definition) is 3. The molecular formula is C16H26N2O4. The highest BCUT2D eigenvalue weighted by Gasteiger charge is 2.21. The fourth-order valence-corrected chi connectivity index (χ4v) is 1.91. The number of hydrogen-bond acceptors (Lipinski definition) is 5. The van der Waals surface area contributed by atoms with E-state index in [-0.39, 0.29) is 6.61 Å². The van der Waals surface area contributed by atoms with Gasteiger partial charge in [-0.1, -0.05) is 0 Å². The minimum absolute atomic E-state index is 0.153. The van der Waals surface area contributed by atoms with Crippen LogP contribution in [0.2, 0.25) is 0 Å². The predicted molar refractivity (Wildman–Crippen MR) is 86.2 cm³/mol. The number of anilines is 1. The molecule has 1 rings (SSSR count). The summed E-state index contributed by atoms with van der Waals surface area (Å²) in [5.74, 6) is 0.653. The van der Waals surface area contributed by atoms with E-state index in [0.717, 1.165) is 5.56 Å². The van der Waals surface area contributed by atoms with Crippen LogP contribution in [-0.2, 0) is 11.2 Å². The van der Waals surface area contributed by atoms with Gasteiger partial charge in [0.15, 0.2) is 0 Å². The Morgan fingerprint density at radius 1 is 1.32 bits per heavy atom. The molecule has 4 N–H and O–H groups in total. The van der Waals surface area contributed by atoms with E-state index >= 15 is 0 Å². The summed E-state index contributed by atoms with van der Waals surface area (Å²) in [5.41, 5.74) is 6.04. The van der Waals surface area contributed by atoms with Crippen LogP contribution in [0.4, 0.5) is 10.5 Å². The summed E-state index contributed by atoms with van der Waals surface area (Å²) in [7, 11) is 1.56. The summed E-state index contributed by atoms with van der Waals surface area (Å²) in [5, 5.41) is 12.0. The molecule has 6 nitrogen and oxygen atoms in total. The smallest absolute Gasteiger partial charge is 0.412 e. The maximum Gasteiger partial charge on any atom is 0.412 e. The maximum atomic E-state index is 11.8. The van der Waals surface area contributed by atoms with Crippen LogP contribution >= 0.6 is 0 Å². The van der Waals surface area contributed by atoms with Crippen molar-refractivity contribution in [2.75, 3.05) is 19.0 Å². The number of carbonyl (C=O) groups excluding carboxylic acids is 1. The molecule has 0 radical (unpaired) electrons. The minimum atomic E-state index is -0.766. The van der Waals surface area contributed by atoms with Crippen molar-refractivity contribution in [2.24, 2.45) is 5.73 Å². The van der Waals surface area contributed by atoms with Crippen molar-refractivity contribution in [1.82, 2.24) is 0 Å². The molecular weight excluding hydrogens is 284 g/mol. The maximum absolute atomic E-state index is 11.8. The third-order valence-corrected chi connectivity index (χ3v) is 2.88. The van der Waals surface area contributed by atoms with Gasteiger partial charge in [-0.2, -0.15) is 0 Å². The van der Waals surface area contributed by atoms with Gasteiger partial charge in [0, 0.05) is 11.2 Å². The fraction of sp³-hybridized carbons (Fsp3) is 0.562. The third-order valence-electron chi connectivity index (χ3n) is 2.88. The average Bonchev–Trinajstić information content (AvgIpc) is 2.36. The van der Waals surface area contributed by atoms with Gasteiger partial charge in [-0.3, -0.25) is 5.32 Å². The first-order chi connectivity index (χ1) is 10.1. The van der Waals surface area contributed by atoms with Gasteiger partial charge in [0.05, 0.1) is 13.7 Å². The normalized spacial score (nSPS) is 14.1. The molecule has 0 aromatic heterocycles. The van der Waals surface area contributed by atoms with Gasteiger partial charge >= 0.3 is 6.09 Å². The molecule has 1 amide bonds. The summed E-state index contributed by atoms with van der Waals surface area (Å²) in [6, 6.07) is 5.23. The van der Waals surface area contributed by atoms with Crippen molar-refractivity contribution in [3.05, 3.63) is 23.8 Å². The predicted octanol–water partition coefficient (Wildman–Crippen LogP) is 2.29. The molecule has 1 atom stereocenters. The molecule has 0 aliphatic heterocycles. The number of rotatable bonds is 5. The Hall–Kier alpha value is -1.79. The molecule has 0 saturated carbocycles. The van der Waals surface area contributed by atoms with Gasteiger partial charge in [0.25, 0.3) is 0 Å². The van der Waals surface area contributed by atoms with Crippen molar-refractivity contribution in [2.45, 2.75) is 45.3 Å². The lowest BCUT2D eigenvalue weighted by Gasteiger charge is -2.23. The summed E-state index contributed by atoms with van der Waals surface area (Å²) >= 11 is 0. The van der Waals surface area contributed by atoms with Gasteiger partial charge in [-0.25, -0.2) is 4.79 Å². The van der Waals surface area contributed by atoms with Crippen LogP contribution in [0.3, 0.4) is 0 Å². The molecule has 1 aromatic rings. The average molecular weight is 310 g/mol. The van der Waals surface area contributed by atoms with Gasteiger partial charge in [-0.05, 0) is 57.9 Å². The van der Waals surface area contributed by atoms with Crippen LogP contribution in [0.25, 0.3) is 0 Å². The molecule has 0 bridgehead atoms. The largest absolute Gasteiger partial charge is 0.496 e. The Kier molecular flexibility index (Phi) is 5.79. The highest BCUT2D eigenvalue weighted by Crippen LogP contribution is 2.26. The van der Waals surface area contributed by atoms with Gasteiger partial charge < -0.3 is 20.3 Å². The molecule has 0 fully saturated rings. The quantitative estimate of drug-likeness (QED) is 0.776. The molecule has 0 aliphatic rings. The standard InChI is InChI=1S/C16H26N2O4/c1-15(2,3)22-14(20)18-12-6-7-13(21-5)11(8-12)9-16(4,17)10-19/h6-8,19H,9-10,17H2,1-5H3,(H,18,20). The molecule has 0 heterocycles. The van der Waals surface area contributed by atoms with Gasteiger partial charge in [0.2, 0.25) is 0 Å². The van der Waals surface area contributed by atoms with E-state index in [1.807, 2.05) is 0 Å². The Labute approximate surface area is 131 Å². The van der Waals surface area contributed by atoms with Crippen molar-refractivity contribution >= 4 is 11.8 Å². The Bertz CT molecular complexity index is 521. The Morgan fingerprint density at radius 3 is 2.45 bits per heavy atom. The summed E-state index contributed by atoms with van der Waals surface area (Å²) in [6.07, 6.45) is -0.113. The first-order valence-electron chi connectivity index (χ1n) is 7.13. The zero-order valence-corrected chi connectivity index (χ0v) is 13.9. The molecule has 1 unspecified atom stereocenters. The van der Waals surface area contributed by atoms with Crippen LogP contribution < -0.4 is 15.8 Å². The van der Waals surface area contributed by atoms with E-state index in [4.69, 9.17) is 15.2 Å². The summed E-state index contributed by atoms with van der Waals surface area (Å²) in [6.45, 7) is 6.99. The van der Waals surface area contributed by atoms with Crippen molar-refractivity contribution in [3.63, 3.8) is 0 Å². The highest BCUT2D eigenvalue weighted by molar-refractivity contribution is 5.85. The Balaban J connectivity index is 2.93. The lowest BCUT2D eigenvalue weighted by Crippen LogP contribution is -2.42. The molecule has 6 heteroatoms. The van der Waals surface area contributed by atoms with Crippen LogP contribution in [-0.4, -0.2) is 36.1 Å². The lowest BCUT2D eigenvalue weighted by atomic mass is 9.94. The van der Waals surface area contributed by atoms with Crippen LogP contribution in [0.5, 0.6) is 5.75 Å². The molecule has 0 aliphatic carbocycles. The molecule has 22 heavy (non-hydrogen) atoms. The van der Waals surface area contributed by atoms with Gasteiger partial charge in [-0.15, -0.1) is 0 Å². The van der Waals surface area contributed by atoms with E-state index in [1.54, 1.807) is 53.0 Å². The number of aliphatic hydroxyl groups excluding tert-OH is 1. The fourth-order valence-electron chi connectivity index (χ4n) is 1.91. The van der Waals surface area contributed by atoms with Crippen LogP contribution in [0.15, 0.2) is 18.2 Å². The second kappa shape index (κ2) is 6.98. The molecule has 124 valence electrons. The van der Waals surface area contributed by atoms with Crippen LogP contribution in [0, 0.1) is 0 Å². The molecule has 0 saturated heterocycles. The number of nitrogens with two attached hydrogens (primary N) is 1. The van der Waals surface area contributed by atoms with Gasteiger partial charge in [0.1, 0.15) is 11.4 Å². The second-order valence-electron chi connectivity index (χ2n) is 6.64. The van der Waals surface area contributed by atoms with Crippen molar-refractivity contribution in [1.29, 1.82) is 0 Å². The number of nitrogens with one attached hydrogen (secondary N) is 1. The monoisotopic (exact) mass is 310 g/mol. The van der Waals surface area contributed by atoms with E-state index in [9.17, 15) is 9.90 Å². The number of methoxy groups -OCH3 is 1. The highest BCUT2D eigenvalue weighted by atomic mass is 16.6.